The van der Waals surface area contributed by atoms with Gasteiger partial charge in [-0.05, 0) is 57.1 Å². The van der Waals surface area contributed by atoms with Crippen LogP contribution in [0.1, 0.15) is 38.7 Å². The summed E-state index contributed by atoms with van der Waals surface area (Å²) in [6.45, 7) is 6.05. The van der Waals surface area contributed by atoms with Gasteiger partial charge in [0.25, 0.3) is 0 Å². The van der Waals surface area contributed by atoms with Gasteiger partial charge in [-0.2, -0.15) is 5.26 Å². The molecule has 3 heteroatoms. The van der Waals surface area contributed by atoms with E-state index in [1.807, 2.05) is 19.9 Å². The largest absolute Gasteiger partial charge is 0.398 e. The molecule has 1 rings (SSSR count). The molecule has 1 aromatic rings. The number of rotatable bonds is 6. The molecule has 98 valence electrons. The van der Waals surface area contributed by atoms with Gasteiger partial charge in [-0.25, -0.2) is 0 Å². The van der Waals surface area contributed by atoms with E-state index in [-0.39, 0.29) is 5.41 Å². The molecule has 0 saturated carbocycles. The molecule has 2 N–H and O–H groups in total. The average molecular weight is 262 g/mol. The highest BCUT2D eigenvalue weighted by atomic mass is 32.2. The van der Waals surface area contributed by atoms with Crippen LogP contribution < -0.4 is 5.73 Å². The van der Waals surface area contributed by atoms with E-state index in [1.54, 1.807) is 11.8 Å². The molecule has 0 bridgehead atoms. The van der Waals surface area contributed by atoms with Crippen LogP contribution in [-0.2, 0) is 0 Å². The molecule has 1 aromatic carbocycles. The number of nitrogens with two attached hydrogens (primary N) is 1. The van der Waals surface area contributed by atoms with Crippen LogP contribution in [-0.4, -0.2) is 5.75 Å². The van der Waals surface area contributed by atoms with Gasteiger partial charge < -0.3 is 5.73 Å². The minimum absolute atomic E-state index is 0.187. The Morgan fingerprint density at radius 2 is 2.06 bits per heavy atom. The third kappa shape index (κ3) is 5.01. The van der Waals surface area contributed by atoms with Crippen molar-refractivity contribution in [3.8, 4) is 6.07 Å². The summed E-state index contributed by atoms with van der Waals surface area (Å²) >= 11 is 1.81. The second-order valence-electron chi connectivity index (χ2n) is 5.34. The molecule has 0 radical (unpaired) electrons. The van der Waals surface area contributed by atoms with Crippen molar-refractivity contribution in [3.05, 3.63) is 23.8 Å². The standard InChI is InChI=1S/C15H22N2S/c1-12-6-7-14(13(17)10-12)18-9-5-4-8-15(2,3)11-16/h6-7,10H,4-5,8-9,17H2,1-3H3. The first-order chi connectivity index (χ1) is 8.44. The monoisotopic (exact) mass is 262 g/mol. The number of unbranched alkanes of at least 4 members (excludes halogenated alkanes) is 1. The summed E-state index contributed by atoms with van der Waals surface area (Å²) in [6.07, 6.45) is 3.19. The van der Waals surface area contributed by atoms with E-state index >= 15 is 0 Å². The predicted molar refractivity (Wildman–Crippen MR) is 79.6 cm³/mol. The first kappa shape index (κ1) is 14.9. The fourth-order valence-electron chi connectivity index (χ4n) is 1.71. The number of aryl methyl sites for hydroxylation is 1. The number of anilines is 1. The fraction of sp³-hybridized carbons (Fsp3) is 0.533. The van der Waals surface area contributed by atoms with Crippen LogP contribution in [0.4, 0.5) is 5.69 Å². The van der Waals surface area contributed by atoms with Gasteiger partial charge in [-0.15, -0.1) is 11.8 Å². The quantitative estimate of drug-likeness (QED) is 0.470. The maximum Gasteiger partial charge on any atom is 0.0683 e. The first-order valence-electron chi connectivity index (χ1n) is 6.35. The molecule has 0 aliphatic carbocycles. The lowest BCUT2D eigenvalue weighted by molar-refractivity contribution is 0.433. The molecule has 0 aromatic heterocycles. The molecule has 0 heterocycles. The Hall–Kier alpha value is -1.14. The van der Waals surface area contributed by atoms with E-state index < -0.39 is 0 Å². The fourth-order valence-corrected chi connectivity index (χ4v) is 2.66. The highest BCUT2D eigenvalue weighted by Gasteiger charge is 2.15. The second-order valence-corrected chi connectivity index (χ2v) is 6.48. The summed E-state index contributed by atoms with van der Waals surface area (Å²) in [7, 11) is 0. The minimum atomic E-state index is -0.187. The van der Waals surface area contributed by atoms with Crippen molar-refractivity contribution in [2.24, 2.45) is 5.41 Å². The molecule has 0 unspecified atom stereocenters. The van der Waals surface area contributed by atoms with Crippen molar-refractivity contribution in [2.45, 2.75) is 44.9 Å². The Kier molecular flexibility index (Phi) is 5.55. The average Bonchev–Trinajstić information content (AvgIpc) is 2.31. The maximum absolute atomic E-state index is 8.92. The lowest BCUT2D eigenvalue weighted by Gasteiger charge is -2.14. The van der Waals surface area contributed by atoms with E-state index in [2.05, 4.69) is 25.1 Å². The van der Waals surface area contributed by atoms with Gasteiger partial charge >= 0.3 is 0 Å². The minimum Gasteiger partial charge on any atom is -0.398 e. The van der Waals surface area contributed by atoms with E-state index in [9.17, 15) is 0 Å². The predicted octanol–water partition coefficient (Wildman–Crippen LogP) is 4.39. The van der Waals surface area contributed by atoms with Crippen molar-refractivity contribution < 1.29 is 0 Å². The number of hydrogen-bond donors (Lipinski definition) is 1. The molecular formula is C15H22N2S. The summed E-state index contributed by atoms with van der Waals surface area (Å²) in [5, 5.41) is 8.92. The number of hydrogen-bond acceptors (Lipinski definition) is 3. The number of nitrogen functional groups attached to an aromatic ring is 1. The van der Waals surface area contributed by atoms with Crippen LogP contribution >= 0.6 is 11.8 Å². The van der Waals surface area contributed by atoms with E-state index in [1.165, 1.54) is 10.5 Å². The molecule has 0 saturated heterocycles. The maximum atomic E-state index is 8.92. The van der Waals surface area contributed by atoms with Gasteiger partial charge in [0.1, 0.15) is 0 Å². The molecule has 0 aliphatic heterocycles. The number of nitriles is 1. The van der Waals surface area contributed by atoms with E-state index in [4.69, 9.17) is 11.0 Å². The van der Waals surface area contributed by atoms with Crippen LogP contribution in [0.25, 0.3) is 0 Å². The van der Waals surface area contributed by atoms with Crippen LogP contribution in [0.15, 0.2) is 23.1 Å². The Balaban J connectivity index is 2.29. The van der Waals surface area contributed by atoms with Gasteiger partial charge in [0.05, 0.1) is 11.5 Å². The summed E-state index contributed by atoms with van der Waals surface area (Å²) in [4.78, 5) is 1.17. The van der Waals surface area contributed by atoms with Gasteiger partial charge in [0.15, 0.2) is 0 Å². The lowest BCUT2D eigenvalue weighted by Crippen LogP contribution is -2.07. The second kappa shape index (κ2) is 6.70. The summed E-state index contributed by atoms with van der Waals surface area (Å²) in [6, 6.07) is 8.54. The molecule has 0 spiro atoms. The van der Waals surface area contributed by atoms with E-state index in [0.717, 1.165) is 30.7 Å². The Morgan fingerprint density at radius 1 is 1.33 bits per heavy atom. The Morgan fingerprint density at radius 3 is 2.67 bits per heavy atom. The zero-order valence-corrected chi connectivity index (χ0v) is 12.3. The number of nitrogens with zero attached hydrogens (tertiary/aromatic N) is 1. The zero-order chi connectivity index (χ0) is 13.6. The summed E-state index contributed by atoms with van der Waals surface area (Å²) in [5.74, 6) is 1.06. The van der Waals surface area contributed by atoms with Gasteiger partial charge in [0, 0.05) is 10.6 Å². The van der Waals surface area contributed by atoms with E-state index in [0.29, 0.717) is 0 Å². The third-order valence-corrected chi connectivity index (χ3v) is 4.10. The van der Waals surface area contributed by atoms with Crippen LogP contribution in [0.2, 0.25) is 0 Å². The van der Waals surface area contributed by atoms with Crippen molar-refractivity contribution >= 4 is 17.4 Å². The zero-order valence-electron chi connectivity index (χ0n) is 11.5. The van der Waals surface area contributed by atoms with Gasteiger partial charge in [0.2, 0.25) is 0 Å². The smallest absolute Gasteiger partial charge is 0.0683 e. The van der Waals surface area contributed by atoms with Crippen LogP contribution in [0.5, 0.6) is 0 Å². The SMILES string of the molecule is Cc1ccc(SCCCCC(C)(C)C#N)c(N)c1. The molecular weight excluding hydrogens is 240 g/mol. The first-order valence-corrected chi connectivity index (χ1v) is 7.33. The highest BCUT2D eigenvalue weighted by Crippen LogP contribution is 2.28. The normalized spacial score (nSPS) is 11.2. The lowest BCUT2D eigenvalue weighted by atomic mass is 9.89. The summed E-state index contributed by atoms with van der Waals surface area (Å²) in [5.41, 5.74) is 7.85. The van der Waals surface area contributed by atoms with Gasteiger partial charge in [-0.1, -0.05) is 12.5 Å². The third-order valence-electron chi connectivity index (χ3n) is 2.92. The molecule has 18 heavy (non-hydrogen) atoms. The molecule has 0 fully saturated rings. The van der Waals surface area contributed by atoms with Crippen LogP contribution in [0.3, 0.4) is 0 Å². The van der Waals surface area contributed by atoms with Crippen LogP contribution in [0, 0.1) is 23.7 Å². The summed E-state index contributed by atoms with van der Waals surface area (Å²) < 4.78 is 0. The molecule has 2 nitrogen and oxygen atoms in total. The number of benzene rings is 1. The Labute approximate surface area is 115 Å². The molecule has 0 amide bonds. The van der Waals surface area contributed by atoms with Gasteiger partial charge in [-0.3, -0.25) is 0 Å². The Bertz CT molecular complexity index is 433. The van der Waals surface area contributed by atoms with Crippen molar-refractivity contribution in [2.75, 3.05) is 11.5 Å². The topological polar surface area (TPSA) is 49.8 Å². The molecule has 0 aliphatic rings. The number of thioether (sulfide) groups is 1. The van der Waals surface area contributed by atoms with Crippen molar-refractivity contribution in [1.29, 1.82) is 5.26 Å². The van der Waals surface area contributed by atoms with Crippen molar-refractivity contribution in [3.63, 3.8) is 0 Å². The highest BCUT2D eigenvalue weighted by molar-refractivity contribution is 7.99. The molecule has 0 atom stereocenters. The van der Waals surface area contributed by atoms with Crippen molar-refractivity contribution in [1.82, 2.24) is 0 Å².